The Morgan fingerprint density at radius 3 is 2.79 bits per heavy atom. The third kappa shape index (κ3) is 3.30. The Morgan fingerprint density at radius 2 is 2.05 bits per heavy atom. The molecule has 0 aliphatic rings. The first-order valence-electron chi connectivity index (χ1n) is 5.74. The lowest BCUT2D eigenvalue weighted by Gasteiger charge is -2.08. The third-order valence-corrected chi connectivity index (χ3v) is 2.66. The molecule has 0 bridgehead atoms. The maximum Gasteiger partial charge on any atom is 0.123 e. The van der Waals surface area contributed by atoms with Gasteiger partial charge in [0.25, 0.3) is 0 Å². The Bertz CT molecular complexity index is 620. The smallest absolute Gasteiger partial charge is 0.123 e. The molecule has 0 aliphatic carbocycles. The largest absolute Gasteiger partial charge is 0.489 e. The fraction of sp³-hybridized carbons (Fsp3) is 0.133. The molecular weight excluding hydrogens is 245 g/mol. The highest BCUT2D eigenvalue weighted by Crippen LogP contribution is 2.17. The van der Waals surface area contributed by atoms with E-state index in [1.54, 1.807) is 24.3 Å². The first-order chi connectivity index (χ1) is 9.22. The molecule has 1 N–H and O–H groups in total. The van der Waals surface area contributed by atoms with Gasteiger partial charge in [-0.1, -0.05) is 12.1 Å². The van der Waals surface area contributed by atoms with Crippen molar-refractivity contribution in [1.82, 2.24) is 0 Å². The van der Waals surface area contributed by atoms with Crippen LogP contribution in [0.3, 0.4) is 0 Å². The quantitative estimate of drug-likeness (QED) is 0.916. The van der Waals surface area contributed by atoms with Gasteiger partial charge in [-0.05, 0) is 35.9 Å². The van der Waals surface area contributed by atoms with Gasteiger partial charge >= 0.3 is 0 Å². The topological polar surface area (TPSA) is 53.2 Å². The molecule has 0 spiro atoms. The summed E-state index contributed by atoms with van der Waals surface area (Å²) in [6.45, 7) is 0.0378. The number of hydrogen-bond donors (Lipinski definition) is 1. The average Bonchev–Trinajstić information content (AvgIpc) is 2.45. The molecular formula is C15H12FNO2. The zero-order chi connectivity index (χ0) is 13.7. The lowest BCUT2D eigenvalue weighted by molar-refractivity contribution is 0.278. The minimum absolute atomic E-state index is 0.0688. The molecule has 0 aliphatic heterocycles. The van der Waals surface area contributed by atoms with Crippen LogP contribution in [-0.4, -0.2) is 5.11 Å². The summed E-state index contributed by atoms with van der Waals surface area (Å²) in [5.74, 6) is 0.168. The molecule has 0 fully saturated rings. The molecule has 0 saturated heterocycles. The zero-order valence-corrected chi connectivity index (χ0v) is 10.1. The third-order valence-electron chi connectivity index (χ3n) is 2.66. The molecule has 96 valence electrons. The van der Waals surface area contributed by atoms with Gasteiger partial charge in [0.05, 0.1) is 18.2 Å². The van der Waals surface area contributed by atoms with E-state index in [0.717, 1.165) is 5.56 Å². The first-order valence-corrected chi connectivity index (χ1v) is 5.74. The molecule has 2 rings (SSSR count). The number of ether oxygens (including phenoxy) is 1. The Kier molecular flexibility index (Phi) is 4.11. The maximum atomic E-state index is 13.1. The summed E-state index contributed by atoms with van der Waals surface area (Å²) in [6.07, 6.45) is 0. The Hall–Kier alpha value is -2.38. The zero-order valence-electron chi connectivity index (χ0n) is 10.1. The van der Waals surface area contributed by atoms with Crippen LogP contribution in [0.5, 0.6) is 5.75 Å². The predicted molar refractivity (Wildman–Crippen MR) is 67.8 cm³/mol. The van der Waals surface area contributed by atoms with Gasteiger partial charge in [0.15, 0.2) is 0 Å². The molecule has 0 amide bonds. The summed E-state index contributed by atoms with van der Waals surface area (Å²) < 4.78 is 18.6. The van der Waals surface area contributed by atoms with Crippen LogP contribution >= 0.6 is 0 Å². The van der Waals surface area contributed by atoms with Crippen molar-refractivity contribution in [2.75, 3.05) is 0 Å². The summed E-state index contributed by atoms with van der Waals surface area (Å²) in [5.41, 5.74) is 1.62. The second-order valence-electron chi connectivity index (χ2n) is 4.01. The van der Waals surface area contributed by atoms with Crippen molar-refractivity contribution in [3.05, 3.63) is 65.0 Å². The number of rotatable bonds is 4. The molecule has 19 heavy (non-hydrogen) atoms. The van der Waals surface area contributed by atoms with E-state index in [1.807, 2.05) is 6.07 Å². The molecule has 0 heterocycles. The summed E-state index contributed by atoms with van der Waals surface area (Å²) in [4.78, 5) is 0. The lowest BCUT2D eigenvalue weighted by Crippen LogP contribution is -1.99. The van der Waals surface area contributed by atoms with Crippen molar-refractivity contribution in [2.24, 2.45) is 0 Å². The molecule has 2 aromatic carbocycles. The number of nitriles is 1. The highest BCUT2D eigenvalue weighted by molar-refractivity contribution is 5.38. The van der Waals surface area contributed by atoms with Gasteiger partial charge in [-0.2, -0.15) is 5.26 Å². The van der Waals surface area contributed by atoms with Crippen LogP contribution in [0.25, 0.3) is 0 Å². The average molecular weight is 257 g/mol. The van der Waals surface area contributed by atoms with Crippen LogP contribution in [0.1, 0.15) is 16.7 Å². The predicted octanol–water partition coefficient (Wildman–Crippen LogP) is 2.77. The highest BCUT2D eigenvalue weighted by Gasteiger charge is 2.05. The SMILES string of the molecule is N#Cc1ccc(F)cc1COc1cccc(CO)c1. The van der Waals surface area contributed by atoms with Crippen molar-refractivity contribution >= 4 is 0 Å². The summed E-state index contributed by atoms with van der Waals surface area (Å²) in [6, 6.07) is 12.9. The van der Waals surface area contributed by atoms with Crippen molar-refractivity contribution in [2.45, 2.75) is 13.2 Å². The normalized spacial score (nSPS) is 9.95. The van der Waals surface area contributed by atoms with Crippen molar-refractivity contribution < 1.29 is 14.2 Å². The molecule has 4 heteroatoms. The van der Waals surface area contributed by atoms with E-state index >= 15 is 0 Å². The maximum absolute atomic E-state index is 13.1. The Morgan fingerprint density at radius 1 is 1.21 bits per heavy atom. The van der Waals surface area contributed by atoms with E-state index in [1.165, 1.54) is 18.2 Å². The van der Waals surface area contributed by atoms with Gasteiger partial charge in [0, 0.05) is 5.56 Å². The van der Waals surface area contributed by atoms with Crippen molar-refractivity contribution in [3.63, 3.8) is 0 Å². The van der Waals surface area contributed by atoms with E-state index in [0.29, 0.717) is 16.9 Å². The minimum atomic E-state index is -0.401. The van der Waals surface area contributed by atoms with Crippen LogP contribution in [0.4, 0.5) is 4.39 Å². The fourth-order valence-corrected chi connectivity index (χ4v) is 1.69. The first kappa shape index (κ1) is 13.1. The monoisotopic (exact) mass is 257 g/mol. The van der Waals surface area contributed by atoms with Crippen LogP contribution in [0.2, 0.25) is 0 Å². The number of benzene rings is 2. The van der Waals surface area contributed by atoms with Crippen molar-refractivity contribution in [3.8, 4) is 11.8 Å². The van der Waals surface area contributed by atoms with Gasteiger partial charge < -0.3 is 9.84 Å². The second kappa shape index (κ2) is 5.98. The summed E-state index contributed by atoms with van der Waals surface area (Å²) >= 11 is 0. The standard InChI is InChI=1S/C15H12FNO2/c16-14-5-4-12(8-17)13(7-14)10-19-15-3-1-2-11(6-15)9-18/h1-7,18H,9-10H2. The number of halogens is 1. The molecule has 0 radical (unpaired) electrons. The summed E-state index contributed by atoms with van der Waals surface area (Å²) in [7, 11) is 0. The van der Waals surface area contributed by atoms with E-state index in [4.69, 9.17) is 15.1 Å². The van der Waals surface area contributed by atoms with E-state index in [9.17, 15) is 4.39 Å². The van der Waals surface area contributed by atoms with Crippen LogP contribution < -0.4 is 4.74 Å². The van der Waals surface area contributed by atoms with Crippen LogP contribution in [0, 0.1) is 17.1 Å². The summed E-state index contributed by atoms with van der Waals surface area (Å²) in [5, 5.41) is 17.9. The van der Waals surface area contributed by atoms with Gasteiger partial charge in [0.2, 0.25) is 0 Å². The van der Waals surface area contributed by atoms with Crippen molar-refractivity contribution in [1.29, 1.82) is 5.26 Å². The molecule has 3 nitrogen and oxygen atoms in total. The van der Waals surface area contributed by atoms with E-state index in [-0.39, 0.29) is 13.2 Å². The number of nitrogens with zero attached hydrogens (tertiary/aromatic N) is 1. The molecule has 2 aromatic rings. The molecule has 0 unspecified atom stereocenters. The number of aliphatic hydroxyl groups is 1. The van der Waals surface area contributed by atoms with E-state index in [2.05, 4.69) is 0 Å². The minimum Gasteiger partial charge on any atom is -0.489 e. The second-order valence-corrected chi connectivity index (χ2v) is 4.01. The van der Waals surface area contributed by atoms with Crippen LogP contribution in [0.15, 0.2) is 42.5 Å². The van der Waals surface area contributed by atoms with Gasteiger partial charge in [0.1, 0.15) is 18.2 Å². The number of aliphatic hydroxyl groups excluding tert-OH is 1. The molecule has 0 atom stereocenters. The van der Waals surface area contributed by atoms with E-state index < -0.39 is 5.82 Å². The van der Waals surface area contributed by atoms with Gasteiger partial charge in [-0.3, -0.25) is 0 Å². The molecule has 0 aromatic heterocycles. The molecule has 0 saturated carbocycles. The Balaban J connectivity index is 2.14. The Labute approximate surface area is 110 Å². The number of hydrogen-bond acceptors (Lipinski definition) is 3. The van der Waals surface area contributed by atoms with Gasteiger partial charge in [-0.15, -0.1) is 0 Å². The van der Waals surface area contributed by atoms with Gasteiger partial charge in [-0.25, -0.2) is 4.39 Å². The lowest BCUT2D eigenvalue weighted by atomic mass is 10.1. The fourth-order valence-electron chi connectivity index (χ4n) is 1.69. The highest BCUT2D eigenvalue weighted by atomic mass is 19.1. The van der Waals surface area contributed by atoms with Crippen LogP contribution in [-0.2, 0) is 13.2 Å².